The van der Waals surface area contributed by atoms with E-state index in [9.17, 15) is 19.8 Å². The molecular formula is C8H14O8. The van der Waals surface area contributed by atoms with Gasteiger partial charge in [-0.15, -0.1) is 0 Å². The second kappa shape index (κ2) is 6.38. The Morgan fingerprint density at radius 3 is 1.25 bits per heavy atom. The standard InChI is InChI=1S/C8H14O8/c1-15-7(13)5(11)3(9)4(10)6(12)8(14)16-2/h3-6,9-12H,1-2H3/t3-,4-,5-,6-/m0/s1. The zero-order valence-corrected chi connectivity index (χ0v) is 8.73. The zero-order valence-electron chi connectivity index (χ0n) is 8.73. The van der Waals surface area contributed by atoms with E-state index in [1.807, 2.05) is 0 Å². The molecule has 0 spiro atoms. The number of hydrogen-bond acceptors (Lipinski definition) is 8. The van der Waals surface area contributed by atoms with Crippen LogP contribution in [0.15, 0.2) is 0 Å². The van der Waals surface area contributed by atoms with Crippen molar-refractivity contribution in [1.29, 1.82) is 0 Å². The average molecular weight is 238 g/mol. The summed E-state index contributed by atoms with van der Waals surface area (Å²) in [7, 11) is 1.92. The second-order valence-corrected chi connectivity index (χ2v) is 2.92. The molecule has 0 saturated heterocycles. The number of aliphatic hydroxyl groups excluding tert-OH is 4. The highest BCUT2D eigenvalue weighted by atomic mass is 16.5. The summed E-state index contributed by atoms with van der Waals surface area (Å²) in [4.78, 5) is 21.6. The van der Waals surface area contributed by atoms with Gasteiger partial charge in [0.15, 0.2) is 12.2 Å². The molecule has 0 heterocycles. The van der Waals surface area contributed by atoms with Crippen LogP contribution in [0.1, 0.15) is 0 Å². The van der Waals surface area contributed by atoms with Gasteiger partial charge in [-0.1, -0.05) is 0 Å². The Kier molecular flexibility index (Phi) is 5.89. The summed E-state index contributed by atoms with van der Waals surface area (Å²) in [5.74, 6) is -2.41. The van der Waals surface area contributed by atoms with Crippen LogP contribution >= 0.6 is 0 Å². The van der Waals surface area contributed by atoms with Crippen molar-refractivity contribution < 1.29 is 39.5 Å². The molecule has 0 amide bonds. The number of aliphatic hydroxyl groups is 4. The van der Waals surface area contributed by atoms with Crippen molar-refractivity contribution in [3.8, 4) is 0 Å². The Labute approximate surface area is 91.0 Å². The third-order valence-electron chi connectivity index (χ3n) is 1.88. The van der Waals surface area contributed by atoms with Crippen LogP contribution in [0, 0.1) is 0 Å². The summed E-state index contributed by atoms with van der Waals surface area (Å²) < 4.78 is 8.18. The lowest BCUT2D eigenvalue weighted by atomic mass is 10.0. The molecule has 94 valence electrons. The van der Waals surface area contributed by atoms with E-state index in [4.69, 9.17) is 10.2 Å². The summed E-state index contributed by atoms with van der Waals surface area (Å²) in [6.45, 7) is 0. The van der Waals surface area contributed by atoms with E-state index in [1.165, 1.54) is 0 Å². The van der Waals surface area contributed by atoms with Gasteiger partial charge in [-0.3, -0.25) is 0 Å². The summed E-state index contributed by atoms with van der Waals surface area (Å²) in [5.41, 5.74) is 0. The molecule has 0 fully saturated rings. The van der Waals surface area contributed by atoms with Gasteiger partial charge in [0.05, 0.1) is 14.2 Å². The quantitative estimate of drug-likeness (QED) is 0.367. The van der Waals surface area contributed by atoms with Crippen LogP contribution in [0.2, 0.25) is 0 Å². The van der Waals surface area contributed by atoms with Crippen LogP contribution in [0.4, 0.5) is 0 Å². The molecule has 4 N–H and O–H groups in total. The summed E-state index contributed by atoms with van der Waals surface area (Å²) >= 11 is 0. The first-order valence-corrected chi connectivity index (χ1v) is 4.24. The van der Waals surface area contributed by atoms with Gasteiger partial charge < -0.3 is 29.9 Å². The molecule has 4 atom stereocenters. The molecule has 16 heavy (non-hydrogen) atoms. The number of ether oxygens (including phenoxy) is 2. The van der Waals surface area contributed by atoms with E-state index in [1.54, 1.807) is 0 Å². The van der Waals surface area contributed by atoms with Crippen molar-refractivity contribution >= 4 is 11.9 Å². The smallest absolute Gasteiger partial charge is 0.337 e. The van der Waals surface area contributed by atoms with Gasteiger partial charge >= 0.3 is 11.9 Å². The van der Waals surface area contributed by atoms with Gasteiger partial charge in [-0.2, -0.15) is 0 Å². The van der Waals surface area contributed by atoms with E-state index in [-0.39, 0.29) is 0 Å². The van der Waals surface area contributed by atoms with Crippen LogP contribution in [0.3, 0.4) is 0 Å². The fraction of sp³-hybridized carbons (Fsp3) is 0.750. The second-order valence-electron chi connectivity index (χ2n) is 2.92. The van der Waals surface area contributed by atoms with Gasteiger partial charge in [0, 0.05) is 0 Å². The van der Waals surface area contributed by atoms with E-state index < -0.39 is 36.4 Å². The first-order valence-electron chi connectivity index (χ1n) is 4.24. The topological polar surface area (TPSA) is 134 Å². The summed E-state index contributed by atoms with van der Waals surface area (Å²) in [6.07, 6.45) is -8.28. The Hall–Kier alpha value is -1.22. The monoisotopic (exact) mass is 238 g/mol. The molecule has 0 aromatic rings. The Morgan fingerprint density at radius 2 is 1.06 bits per heavy atom. The first kappa shape index (κ1) is 14.8. The van der Waals surface area contributed by atoms with Crippen molar-refractivity contribution in [1.82, 2.24) is 0 Å². The lowest BCUT2D eigenvalue weighted by Gasteiger charge is -2.23. The molecule has 0 aromatic heterocycles. The molecule has 0 aromatic carbocycles. The molecule has 0 unspecified atom stereocenters. The lowest BCUT2D eigenvalue weighted by Crippen LogP contribution is -2.50. The molecule has 0 aliphatic carbocycles. The maximum absolute atomic E-state index is 10.8. The van der Waals surface area contributed by atoms with Crippen molar-refractivity contribution in [3.05, 3.63) is 0 Å². The van der Waals surface area contributed by atoms with Gasteiger partial charge in [-0.25, -0.2) is 9.59 Å². The molecule has 8 heteroatoms. The Bertz CT molecular complexity index is 226. The predicted molar refractivity (Wildman–Crippen MR) is 48.1 cm³/mol. The number of rotatable bonds is 5. The third kappa shape index (κ3) is 3.42. The maximum Gasteiger partial charge on any atom is 0.337 e. The fourth-order valence-corrected chi connectivity index (χ4v) is 0.894. The van der Waals surface area contributed by atoms with Crippen LogP contribution in [-0.2, 0) is 19.1 Å². The minimum absolute atomic E-state index is 0.960. The van der Waals surface area contributed by atoms with Crippen LogP contribution in [-0.4, -0.2) is 71.0 Å². The van der Waals surface area contributed by atoms with Crippen LogP contribution < -0.4 is 0 Å². The van der Waals surface area contributed by atoms with Gasteiger partial charge in [0.2, 0.25) is 0 Å². The number of esters is 2. The highest BCUT2D eigenvalue weighted by molar-refractivity contribution is 5.77. The van der Waals surface area contributed by atoms with E-state index >= 15 is 0 Å². The van der Waals surface area contributed by atoms with E-state index in [2.05, 4.69) is 9.47 Å². The lowest BCUT2D eigenvalue weighted by molar-refractivity contribution is -0.176. The molecule has 8 nitrogen and oxygen atoms in total. The average Bonchev–Trinajstić information content (AvgIpc) is 2.32. The molecule has 0 aliphatic heterocycles. The number of hydrogen-bond donors (Lipinski definition) is 4. The number of carbonyl (C=O) groups is 2. The minimum atomic E-state index is -2.07. The minimum Gasteiger partial charge on any atom is -0.467 e. The Balaban J connectivity index is 4.54. The molecule has 0 rings (SSSR count). The Morgan fingerprint density at radius 1 is 0.812 bits per heavy atom. The van der Waals surface area contributed by atoms with Gasteiger partial charge in [0.25, 0.3) is 0 Å². The highest BCUT2D eigenvalue weighted by Crippen LogP contribution is 2.07. The zero-order chi connectivity index (χ0) is 12.9. The summed E-state index contributed by atoms with van der Waals surface area (Å²) in [6, 6.07) is 0. The molecule has 0 saturated carbocycles. The van der Waals surface area contributed by atoms with Crippen LogP contribution in [0.25, 0.3) is 0 Å². The summed E-state index contributed by atoms with van der Waals surface area (Å²) in [5, 5.41) is 36.7. The number of methoxy groups -OCH3 is 2. The van der Waals surface area contributed by atoms with Gasteiger partial charge in [-0.05, 0) is 0 Å². The molecule has 0 aliphatic rings. The molecule has 0 radical (unpaired) electrons. The third-order valence-corrected chi connectivity index (χ3v) is 1.88. The first-order chi connectivity index (χ1) is 7.36. The van der Waals surface area contributed by atoms with Crippen molar-refractivity contribution in [2.24, 2.45) is 0 Å². The SMILES string of the molecule is COC(=O)[C@@H](O)[C@@H](O)[C@H](O)[C@H](O)C(=O)OC. The predicted octanol–water partition coefficient (Wildman–Crippen LogP) is -3.22. The normalized spacial score (nSPS) is 18.1. The molecule has 0 bridgehead atoms. The highest BCUT2D eigenvalue weighted by Gasteiger charge is 2.38. The van der Waals surface area contributed by atoms with Crippen molar-refractivity contribution in [3.63, 3.8) is 0 Å². The maximum atomic E-state index is 10.8. The van der Waals surface area contributed by atoms with Crippen molar-refractivity contribution in [2.45, 2.75) is 24.4 Å². The fourth-order valence-electron chi connectivity index (χ4n) is 0.894. The number of carbonyl (C=O) groups excluding carboxylic acids is 2. The van der Waals surface area contributed by atoms with Gasteiger partial charge in [0.1, 0.15) is 12.2 Å². The molecular weight excluding hydrogens is 224 g/mol. The largest absolute Gasteiger partial charge is 0.467 e. The van der Waals surface area contributed by atoms with Crippen molar-refractivity contribution in [2.75, 3.05) is 14.2 Å². The van der Waals surface area contributed by atoms with E-state index in [0.29, 0.717) is 0 Å². The van der Waals surface area contributed by atoms with Crippen LogP contribution in [0.5, 0.6) is 0 Å². The van der Waals surface area contributed by atoms with E-state index in [0.717, 1.165) is 14.2 Å².